The van der Waals surface area contributed by atoms with Crippen LogP contribution in [0.2, 0.25) is 0 Å². The molecule has 0 radical (unpaired) electrons. The quantitative estimate of drug-likeness (QED) is 0.221. The van der Waals surface area contributed by atoms with E-state index in [0.29, 0.717) is 29.4 Å². The van der Waals surface area contributed by atoms with Gasteiger partial charge in [0.2, 0.25) is 5.95 Å². The van der Waals surface area contributed by atoms with E-state index in [1.165, 1.54) is 23.5 Å². The van der Waals surface area contributed by atoms with Gasteiger partial charge in [0.1, 0.15) is 16.6 Å². The molecular weight excluding hydrogens is 676 g/mol. The van der Waals surface area contributed by atoms with Crippen LogP contribution in [0.4, 0.5) is 24.8 Å². The van der Waals surface area contributed by atoms with E-state index >= 15 is 4.39 Å². The van der Waals surface area contributed by atoms with Crippen LogP contribution in [0.5, 0.6) is 0 Å². The van der Waals surface area contributed by atoms with Crippen molar-refractivity contribution in [2.45, 2.75) is 48.5 Å². The summed E-state index contributed by atoms with van der Waals surface area (Å²) in [5.41, 5.74) is -0.444. The van der Waals surface area contributed by atoms with E-state index in [-0.39, 0.29) is 51.7 Å². The zero-order valence-electron chi connectivity index (χ0n) is 24.6. The van der Waals surface area contributed by atoms with Crippen molar-refractivity contribution in [3.63, 3.8) is 0 Å². The van der Waals surface area contributed by atoms with Crippen LogP contribution < -0.4 is 10.0 Å². The molecule has 5 fully saturated rings. The third kappa shape index (κ3) is 4.94. The van der Waals surface area contributed by atoms with Gasteiger partial charge < -0.3 is 10.4 Å². The molecule has 0 unspecified atom stereocenters. The summed E-state index contributed by atoms with van der Waals surface area (Å²) in [6.45, 7) is 0.0780. The van der Waals surface area contributed by atoms with E-state index in [9.17, 15) is 30.7 Å². The Morgan fingerprint density at radius 3 is 2.32 bits per heavy atom. The Morgan fingerprint density at radius 2 is 1.66 bits per heavy atom. The average molecular weight is 704 g/mol. The highest BCUT2D eigenvalue weighted by Crippen LogP contribution is 2.74. The molecule has 10 nitrogen and oxygen atoms in total. The number of aliphatic hydroxyl groups is 1. The fourth-order valence-electron chi connectivity index (χ4n) is 7.98. The van der Waals surface area contributed by atoms with Gasteiger partial charge in [-0.15, -0.1) is 11.3 Å². The molecule has 2 aromatic heterocycles. The maximum Gasteiger partial charge on any atom is 0.267 e. The smallest absolute Gasteiger partial charge is 0.267 e. The fraction of sp³-hybridized carbons (Fsp3) is 0.387. The van der Waals surface area contributed by atoms with Crippen LogP contribution in [0.25, 0.3) is 21.8 Å². The topological polar surface area (TPSA) is 151 Å². The summed E-state index contributed by atoms with van der Waals surface area (Å²) in [7, 11) is -7.79. The SMILES string of the molecule is O=S1(=O)CC2(CC(Nc3nccc(-c4sc(C56CC(CO)(C5)C6)nc4-c4cccc(NS(=O)(=O)c5c(F)cccc5F)c4F)n3)C2)C1. The van der Waals surface area contributed by atoms with Gasteiger partial charge in [-0.2, -0.15) is 0 Å². The van der Waals surface area contributed by atoms with Crippen molar-refractivity contribution in [3.05, 3.63) is 71.1 Å². The van der Waals surface area contributed by atoms with E-state index in [0.717, 1.165) is 48.5 Å². The van der Waals surface area contributed by atoms with Gasteiger partial charge in [-0.1, -0.05) is 12.1 Å². The lowest BCUT2D eigenvalue weighted by Crippen LogP contribution is -2.66. The molecule has 4 aromatic rings. The van der Waals surface area contributed by atoms with Gasteiger partial charge in [0, 0.05) is 35.2 Å². The zero-order chi connectivity index (χ0) is 33.0. The molecule has 4 saturated carbocycles. The van der Waals surface area contributed by atoms with E-state index in [1.807, 2.05) is 4.72 Å². The van der Waals surface area contributed by atoms with Crippen molar-refractivity contribution in [2.75, 3.05) is 28.2 Å². The molecule has 9 rings (SSSR count). The number of aromatic nitrogens is 3. The number of hydrogen-bond acceptors (Lipinski definition) is 10. The van der Waals surface area contributed by atoms with Crippen LogP contribution in [-0.4, -0.2) is 61.0 Å². The Hall–Kier alpha value is -3.60. The van der Waals surface area contributed by atoms with Gasteiger partial charge in [-0.3, -0.25) is 4.72 Å². The van der Waals surface area contributed by atoms with Crippen LogP contribution in [0.1, 0.15) is 37.1 Å². The number of anilines is 2. The van der Waals surface area contributed by atoms with Crippen molar-refractivity contribution in [1.82, 2.24) is 15.0 Å². The first-order valence-corrected chi connectivity index (χ1v) is 19.0. The second-order valence-electron chi connectivity index (χ2n) is 13.5. The second kappa shape index (κ2) is 10.2. The summed E-state index contributed by atoms with van der Waals surface area (Å²) in [4.78, 5) is 13.2. The number of halogens is 3. The molecule has 0 atom stereocenters. The minimum atomic E-state index is -4.85. The van der Waals surface area contributed by atoms with Gasteiger partial charge in [-0.25, -0.2) is 45.0 Å². The number of aliphatic hydroxyl groups excluding tert-OH is 1. The summed E-state index contributed by atoms with van der Waals surface area (Å²) < 4.78 is 96.3. The Labute approximate surface area is 272 Å². The van der Waals surface area contributed by atoms with Gasteiger partial charge in [0.25, 0.3) is 10.0 Å². The van der Waals surface area contributed by atoms with E-state index in [1.54, 1.807) is 12.3 Å². The van der Waals surface area contributed by atoms with E-state index < -0.39 is 47.9 Å². The lowest BCUT2D eigenvalue weighted by atomic mass is 9.35. The number of nitrogens with one attached hydrogen (secondary N) is 2. The Morgan fingerprint density at radius 1 is 0.979 bits per heavy atom. The van der Waals surface area contributed by atoms with E-state index in [4.69, 9.17) is 9.97 Å². The predicted octanol–water partition coefficient (Wildman–Crippen LogP) is 4.89. The molecule has 0 amide bonds. The molecule has 3 heterocycles. The number of rotatable bonds is 9. The van der Waals surface area contributed by atoms with Crippen molar-refractivity contribution < 1.29 is 35.1 Å². The third-order valence-electron chi connectivity index (χ3n) is 9.87. The molecule has 1 aliphatic heterocycles. The standard InChI is InChI=1S/C31H28F3N5O5S3/c32-19-4-2-5-20(33)26(19)47(43,44)39-21-6-1-3-18(23(21)34)24-25(45-27(38-24)31-11-30(12-31,13-31)14-40)22-7-8-35-28(37-22)36-17-9-29(10-17)15-46(41,42)16-29/h1-8,17,39-40H,9-16H2,(H,35,36,37). The first kappa shape index (κ1) is 30.7. The first-order chi connectivity index (χ1) is 22.2. The van der Waals surface area contributed by atoms with Gasteiger partial charge in [-0.05, 0) is 67.9 Å². The van der Waals surface area contributed by atoms with Crippen molar-refractivity contribution in [3.8, 4) is 21.8 Å². The Bertz CT molecular complexity index is 2130. The van der Waals surface area contributed by atoms with Crippen LogP contribution in [0, 0.1) is 28.3 Å². The molecule has 1 spiro atoms. The van der Waals surface area contributed by atoms with Crippen LogP contribution in [0.15, 0.2) is 53.6 Å². The molecule has 47 heavy (non-hydrogen) atoms. The van der Waals surface area contributed by atoms with Crippen molar-refractivity contribution in [2.24, 2.45) is 10.8 Å². The van der Waals surface area contributed by atoms with Gasteiger partial charge in [0.15, 0.2) is 20.5 Å². The van der Waals surface area contributed by atoms with Gasteiger partial charge >= 0.3 is 0 Å². The third-order valence-corrected chi connectivity index (χ3v) is 14.7. The molecule has 16 heteroatoms. The maximum absolute atomic E-state index is 16.2. The normalized spacial score (nSPS) is 25.3. The highest BCUT2D eigenvalue weighted by atomic mass is 32.2. The molecule has 2 bridgehead atoms. The number of benzene rings is 2. The second-order valence-corrected chi connectivity index (χ2v) is 18.2. The summed E-state index contributed by atoms with van der Waals surface area (Å²) in [6, 6.07) is 8.30. The first-order valence-electron chi connectivity index (χ1n) is 14.9. The summed E-state index contributed by atoms with van der Waals surface area (Å²) in [5.74, 6) is -2.91. The minimum absolute atomic E-state index is 0.00845. The molecule has 246 valence electrons. The molecule has 2 aromatic carbocycles. The summed E-state index contributed by atoms with van der Waals surface area (Å²) in [5, 5.41) is 13.8. The monoisotopic (exact) mass is 703 g/mol. The molecular formula is C31H28F3N5O5S3. The highest BCUT2D eigenvalue weighted by Gasteiger charge is 2.69. The zero-order valence-corrected chi connectivity index (χ0v) is 27.1. The lowest BCUT2D eigenvalue weighted by molar-refractivity contribution is -0.167. The van der Waals surface area contributed by atoms with Crippen molar-refractivity contribution in [1.29, 1.82) is 0 Å². The highest BCUT2D eigenvalue weighted by molar-refractivity contribution is 7.93. The van der Waals surface area contributed by atoms with Gasteiger partial charge in [0.05, 0.1) is 33.5 Å². The number of sulfone groups is 1. The summed E-state index contributed by atoms with van der Waals surface area (Å²) in [6.07, 6.45) is 5.17. The van der Waals surface area contributed by atoms with Crippen LogP contribution in [-0.2, 0) is 25.3 Å². The van der Waals surface area contributed by atoms with E-state index in [2.05, 4.69) is 10.3 Å². The fourth-order valence-corrected chi connectivity index (χ4v) is 12.7. The number of hydrogen-bond donors (Lipinski definition) is 3. The predicted molar refractivity (Wildman–Crippen MR) is 168 cm³/mol. The average Bonchev–Trinajstić information content (AvgIpc) is 3.36. The van der Waals surface area contributed by atoms with Crippen LogP contribution >= 0.6 is 11.3 Å². The molecule has 3 N–H and O–H groups in total. The minimum Gasteiger partial charge on any atom is -0.396 e. The molecule has 5 aliphatic rings. The number of sulfonamides is 1. The molecule has 1 saturated heterocycles. The Kier molecular flexibility index (Phi) is 6.67. The largest absolute Gasteiger partial charge is 0.396 e. The molecule has 4 aliphatic carbocycles. The number of thiazole rings is 1. The lowest BCUT2D eigenvalue weighted by Gasteiger charge is -2.69. The van der Waals surface area contributed by atoms with Crippen LogP contribution in [0.3, 0.4) is 0 Å². The summed E-state index contributed by atoms with van der Waals surface area (Å²) >= 11 is 1.34. The van der Waals surface area contributed by atoms with Crippen molar-refractivity contribution >= 4 is 42.8 Å². The Balaban J connectivity index is 1.13. The number of nitrogens with zero attached hydrogens (tertiary/aromatic N) is 3. The maximum atomic E-state index is 16.2.